The summed E-state index contributed by atoms with van der Waals surface area (Å²) in [6.07, 6.45) is 1.92. The second-order valence-corrected chi connectivity index (χ2v) is 9.00. The first-order valence-corrected chi connectivity index (χ1v) is 8.39. The van der Waals surface area contributed by atoms with E-state index in [0.29, 0.717) is 12.0 Å². The number of sulfone groups is 1. The number of rotatable bonds is 4. The topological polar surface area (TPSA) is 43.4 Å². The van der Waals surface area contributed by atoms with E-state index in [1.165, 1.54) is 0 Å². The minimum absolute atomic E-state index is 0.0351. The summed E-state index contributed by atoms with van der Waals surface area (Å²) in [5.74, 6) is 0.370. The Kier molecular flexibility index (Phi) is 4.84. The van der Waals surface area contributed by atoms with Crippen LogP contribution in [-0.2, 0) is 14.6 Å². The van der Waals surface area contributed by atoms with Gasteiger partial charge in [0.25, 0.3) is 0 Å². The molecule has 0 saturated carbocycles. The fourth-order valence-electron chi connectivity index (χ4n) is 1.76. The van der Waals surface area contributed by atoms with Gasteiger partial charge in [-0.15, -0.1) is 0 Å². The minimum atomic E-state index is -2.88. The molecule has 0 aromatic heterocycles. The van der Waals surface area contributed by atoms with Crippen molar-refractivity contribution in [1.82, 2.24) is 0 Å². The number of halogens is 1. The van der Waals surface area contributed by atoms with Crippen LogP contribution in [0.4, 0.5) is 0 Å². The highest BCUT2D eigenvalue weighted by Gasteiger charge is 2.36. The van der Waals surface area contributed by atoms with Crippen molar-refractivity contribution in [2.24, 2.45) is 5.41 Å². The van der Waals surface area contributed by atoms with Crippen molar-refractivity contribution in [3.05, 3.63) is 0 Å². The van der Waals surface area contributed by atoms with Crippen molar-refractivity contribution in [3.63, 3.8) is 0 Å². The SMILES string of the molecule is CC(C)(C)CCCOC1CS(=O)(=O)CC1Br. The van der Waals surface area contributed by atoms with Crippen LogP contribution in [0.5, 0.6) is 0 Å². The van der Waals surface area contributed by atoms with Gasteiger partial charge in [-0.3, -0.25) is 0 Å². The van der Waals surface area contributed by atoms with Crippen molar-refractivity contribution in [2.45, 2.75) is 44.5 Å². The zero-order valence-corrected chi connectivity index (χ0v) is 12.6. The molecule has 0 N–H and O–H groups in total. The van der Waals surface area contributed by atoms with Gasteiger partial charge in [0.05, 0.1) is 22.4 Å². The molecule has 3 nitrogen and oxygen atoms in total. The molecule has 1 heterocycles. The van der Waals surface area contributed by atoms with E-state index in [-0.39, 0.29) is 22.4 Å². The molecule has 2 atom stereocenters. The molecule has 1 rings (SSSR count). The van der Waals surface area contributed by atoms with Crippen molar-refractivity contribution >= 4 is 25.8 Å². The van der Waals surface area contributed by atoms with Gasteiger partial charge >= 0.3 is 0 Å². The minimum Gasteiger partial charge on any atom is -0.376 e. The van der Waals surface area contributed by atoms with Gasteiger partial charge in [-0.2, -0.15) is 0 Å². The second kappa shape index (κ2) is 5.36. The molecule has 5 heteroatoms. The van der Waals surface area contributed by atoms with Gasteiger partial charge in [-0.1, -0.05) is 36.7 Å². The normalized spacial score (nSPS) is 29.5. The van der Waals surface area contributed by atoms with E-state index in [2.05, 4.69) is 36.7 Å². The molecular formula is C11H21BrO3S. The van der Waals surface area contributed by atoms with Crippen molar-refractivity contribution in [2.75, 3.05) is 18.1 Å². The van der Waals surface area contributed by atoms with E-state index in [9.17, 15) is 8.42 Å². The van der Waals surface area contributed by atoms with Crippen LogP contribution in [0.3, 0.4) is 0 Å². The van der Waals surface area contributed by atoms with Gasteiger partial charge in [0.2, 0.25) is 0 Å². The molecule has 0 bridgehead atoms. The van der Waals surface area contributed by atoms with E-state index >= 15 is 0 Å². The molecule has 16 heavy (non-hydrogen) atoms. The lowest BCUT2D eigenvalue weighted by molar-refractivity contribution is 0.0679. The summed E-state index contributed by atoms with van der Waals surface area (Å²) in [4.78, 5) is -0.0351. The maximum atomic E-state index is 11.3. The molecule has 1 aliphatic heterocycles. The smallest absolute Gasteiger partial charge is 0.154 e. The zero-order valence-electron chi connectivity index (χ0n) is 10.2. The Morgan fingerprint density at radius 1 is 1.31 bits per heavy atom. The van der Waals surface area contributed by atoms with Crippen LogP contribution in [0, 0.1) is 5.41 Å². The summed E-state index contributed by atoms with van der Waals surface area (Å²) in [5, 5.41) is 0. The molecule has 0 amide bonds. The van der Waals surface area contributed by atoms with Crippen LogP contribution in [0.15, 0.2) is 0 Å². The van der Waals surface area contributed by atoms with Crippen molar-refractivity contribution in [3.8, 4) is 0 Å². The lowest BCUT2D eigenvalue weighted by Crippen LogP contribution is -2.23. The third-order valence-corrected chi connectivity index (χ3v) is 5.68. The maximum absolute atomic E-state index is 11.3. The van der Waals surface area contributed by atoms with E-state index in [1.807, 2.05) is 0 Å². The Morgan fingerprint density at radius 3 is 2.38 bits per heavy atom. The molecule has 1 aliphatic rings. The first-order chi connectivity index (χ1) is 7.20. The highest BCUT2D eigenvalue weighted by atomic mass is 79.9. The Balaban J connectivity index is 2.24. The van der Waals surface area contributed by atoms with E-state index in [1.54, 1.807) is 0 Å². The van der Waals surface area contributed by atoms with Crippen LogP contribution < -0.4 is 0 Å². The average Bonchev–Trinajstić information content (AvgIpc) is 2.32. The molecule has 0 aromatic rings. The average molecular weight is 313 g/mol. The van der Waals surface area contributed by atoms with Gasteiger partial charge in [0.15, 0.2) is 9.84 Å². The van der Waals surface area contributed by atoms with E-state index in [0.717, 1.165) is 12.8 Å². The summed E-state index contributed by atoms with van der Waals surface area (Å²) in [6.45, 7) is 7.24. The Morgan fingerprint density at radius 2 is 1.94 bits per heavy atom. The molecule has 1 saturated heterocycles. The fraction of sp³-hybridized carbons (Fsp3) is 1.00. The largest absolute Gasteiger partial charge is 0.376 e. The van der Waals surface area contributed by atoms with Gasteiger partial charge < -0.3 is 4.74 Å². The first-order valence-electron chi connectivity index (χ1n) is 5.66. The Bertz CT molecular complexity index is 319. The third kappa shape index (κ3) is 5.15. The highest BCUT2D eigenvalue weighted by Crippen LogP contribution is 2.24. The standard InChI is InChI=1S/C11H21BrO3S/c1-11(2,3)5-4-6-15-10-8-16(13,14)7-9(10)12/h9-10H,4-8H2,1-3H3. The zero-order chi connectivity index (χ0) is 12.4. The van der Waals surface area contributed by atoms with Crippen molar-refractivity contribution in [1.29, 1.82) is 0 Å². The van der Waals surface area contributed by atoms with E-state index < -0.39 is 9.84 Å². The summed E-state index contributed by atoms with van der Waals surface area (Å²) >= 11 is 3.37. The van der Waals surface area contributed by atoms with Crippen molar-refractivity contribution < 1.29 is 13.2 Å². The van der Waals surface area contributed by atoms with Crippen LogP contribution in [0.25, 0.3) is 0 Å². The van der Waals surface area contributed by atoms with Gasteiger partial charge in [-0.25, -0.2) is 8.42 Å². The maximum Gasteiger partial charge on any atom is 0.154 e. The molecular weight excluding hydrogens is 292 g/mol. The molecule has 96 valence electrons. The predicted molar refractivity (Wildman–Crippen MR) is 69.8 cm³/mol. The predicted octanol–water partition coefficient (Wildman–Crippen LogP) is 2.39. The van der Waals surface area contributed by atoms with Gasteiger partial charge in [0, 0.05) is 6.61 Å². The fourth-order valence-corrected chi connectivity index (χ4v) is 5.22. The highest BCUT2D eigenvalue weighted by molar-refractivity contribution is 9.09. The Labute approximate surface area is 107 Å². The van der Waals surface area contributed by atoms with Crippen LogP contribution >= 0.6 is 15.9 Å². The van der Waals surface area contributed by atoms with Gasteiger partial charge in [-0.05, 0) is 18.3 Å². The molecule has 0 radical (unpaired) electrons. The number of hydrogen-bond donors (Lipinski definition) is 0. The summed E-state index contributed by atoms with van der Waals surface area (Å²) in [6, 6.07) is 0. The molecule has 2 unspecified atom stereocenters. The van der Waals surface area contributed by atoms with E-state index in [4.69, 9.17) is 4.74 Å². The Hall–Kier alpha value is 0.390. The molecule has 0 aliphatic carbocycles. The lowest BCUT2D eigenvalue weighted by atomic mass is 9.91. The summed E-state index contributed by atoms with van der Waals surface area (Å²) in [5.41, 5.74) is 0.318. The quantitative estimate of drug-likeness (QED) is 0.591. The molecule has 0 spiro atoms. The lowest BCUT2D eigenvalue weighted by Gasteiger charge is -2.19. The first kappa shape index (κ1) is 14.5. The summed E-state index contributed by atoms with van der Waals surface area (Å²) in [7, 11) is -2.88. The van der Waals surface area contributed by atoms with Crippen LogP contribution in [0.2, 0.25) is 0 Å². The van der Waals surface area contributed by atoms with Gasteiger partial charge in [0.1, 0.15) is 0 Å². The van der Waals surface area contributed by atoms with Crippen LogP contribution in [-0.4, -0.2) is 37.5 Å². The third-order valence-electron chi connectivity index (χ3n) is 2.64. The van der Waals surface area contributed by atoms with Crippen LogP contribution in [0.1, 0.15) is 33.6 Å². The number of ether oxygens (including phenoxy) is 1. The monoisotopic (exact) mass is 312 g/mol. The molecule has 1 fully saturated rings. The molecule has 0 aromatic carbocycles. The number of alkyl halides is 1. The number of hydrogen-bond acceptors (Lipinski definition) is 3. The second-order valence-electron chi connectivity index (χ2n) is 5.67. The summed E-state index contributed by atoms with van der Waals surface area (Å²) < 4.78 is 28.3.